The summed E-state index contributed by atoms with van der Waals surface area (Å²) in [6, 6.07) is 15.7. The molecule has 0 radical (unpaired) electrons. The van der Waals surface area contributed by atoms with Crippen LogP contribution in [0.2, 0.25) is 0 Å². The SMILES string of the molecule is COc1ccc(C(=O)N/C(=C\c2ccco2)C(=O)N[C@@H](C)c2ccccc2C)cc1OC. The minimum atomic E-state index is -0.470. The molecule has 0 aliphatic carbocycles. The number of ether oxygens (including phenoxy) is 2. The third kappa shape index (κ3) is 5.37. The third-order valence-corrected chi connectivity index (χ3v) is 4.97. The molecule has 0 aliphatic rings. The van der Waals surface area contributed by atoms with Crippen molar-refractivity contribution in [3.8, 4) is 11.5 Å². The molecule has 166 valence electrons. The molecular formula is C25H26N2O5. The molecule has 2 amide bonds. The summed E-state index contributed by atoms with van der Waals surface area (Å²) in [5.74, 6) is 0.439. The molecule has 7 heteroatoms. The van der Waals surface area contributed by atoms with Crippen molar-refractivity contribution in [1.82, 2.24) is 10.6 Å². The average molecular weight is 434 g/mol. The highest BCUT2D eigenvalue weighted by Crippen LogP contribution is 2.27. The molecule has 0 saturated heterocycles. The highest BCUT2D eigenvalue weighted by molar-refractivity contribution is 6.05. The van der Waals surface area contributed by atoms with Crippen LogP contribution < -0.4 is 20.1 Å². The van der Waals surface area contributed by atoms with Gasteiger partial charge in [0, 0.05) is 11.6 Å². The number of furan rings is 1. The van der Waals surface area contributed by atoms with Crippen molar-refractivity contribution in [2.75, 3.05) is 14.2 Å². The molecule has 0 saturated carbocycles. The maximum Gasteiger partial charge on any atom is 0.268 e. The molecule has 2 N–H and O–H groups in total. The largest absolute Gasteiger partial charge is 0.493 e. The Labute approximate surface area is 187 Å². The first-order valence-corrected chi connectivity index (χ1v) is 10.1. The van der Waals surface area contributed by atoms with E-state index < -0.39 is 11.8 Å². The van der Waals surface area contributed by atoms with Gasteiger partial charge < -0.3 is 24.5 Å². The van der Waals surface area contributed by atoms with Gasteiger partial charge in [-0.1, -0.05) is 24.3 Å². The van der Waals surface area contributed by atoms with Crippen LogP contribution in [0.4, 0.5) is 0 Å². The predicted molar refractivity (Wildman–Crippen MR) is 121 cm³/mol. The van der Waals surface area contributed by atoms with Crippen LogP contribution >= 0.6 is 0 Å². The maximum atomic E-state index is 13.1. The Morgan fingerprint density at radius 2 is 1.75 bits per heavy atom. The Morgan fingerprint density at radius 3 is 2.41 bits per heavy atom. The zero-order valence-electron chi connectivity index (χ0n) is 18.5. The Kier molecular flexibility index (Phi) is 7.33. The van der Waals surface area contributed by atoms with E-state index in [4.69, 9.17) is 13.9 Å². The fraction of sp³-hybridized carbons (Fsp3) is 0.200. The number of rotatable bonds is 8. The van der Waals surface area contributed by atoms with Crippen molar-refractivity contribution in [1.29, 1.82) is 0 Å². The average Bonchev–Trinajstić information content (AvgIpc) is 3.31. The number of carbonyl (C=O) groups is 2. The summed E-state index contributed by atoms with van der Waals surface area (Å²) < 4.78 is 15.8. The fourth-order valence-electron chi connectivity index (χ4n) is 3.27. The molecule has 32 heavy (non-hydrogen) atoms. The summed E-state index contributed by atoms with van der Waals surface area (Å²) in [4.78, 5) is 26.0. The summed E-state index contributed by atoms with van der Waals surface area (Å²) in [6.07, 6.45) is 2.98. The topological polar surface area (TPSA) is 89.8 Å². The van der Waals surface area contributed by atoms with Crippen molar-refractivity contribution in [3.63, 3.8) is 0 Å². The zero-order chi connectivity index (χ0) is 23.1. The number of nitrogens with one attached hydrogen (secondary N) is 2. The van der Waals surface area contributed by atoms with Gasteiger partial charge >= 0.3 is 0 Å². The van der Waals surface area contributed by atoms with Crippen LogP contribution in [0, 0.1) is 6.92 Å². The van der Waals surface area contributed by atoms with Crippen LogP contribution in [0.3, 0.4) is 0 Å². The minimum absolute atomic E-state index is 0.0557. The normalized spacial score (nSPS) is 12.1. The molecule has 0 aliphatic heterocycles. The molecule has 1 aromatic heterocycles. The molecule has 3 rings (SSSR count). The molecule has 0 fully saturated rings. The van der Waals surface area contributed by atoms with Crippen LogP contribution in [-0.4, -0.2) is 26.0 Å². The lowest BCUT2D eigenvalue weighted by molar-refractivity contribution is -0.118. The lowest BCUT2D eigenvalue weighted by Crippen LogP contribution is -2.36. The maximum absolute atomic E-state index is 13.1. The van der Waals surface area contributed by atoms with Gasteiger partial charge in [-0.15, -0.1) is 0 Å². The van der Waals surface area contributed by atoms with Crippen LogP contribution in [0.1, 0.15) is 40.2 Å². The van der Waals surface area contributed by atoms with Crippen molar-refractivity contribution < 1.29 is 23.5 Å². The van der Waals surface area contributed by atoms with Gasteiger partial charge in [0.15, 0.2) is 11.5 Å². The second-order valence-electron chi connectivity index (χ2n) is 7.15. The second kappa shape index (κ2) is 10.3. The number of methoxy groups -OCH3 is 2. The zero-order valence-corrected chi connectivity index (χ0v) is 18.5. The smallest absolute Gasteiger partial charge is 0.268 e. The molecule has 7 nitrogen and oxygen atoms in total. The molecule has 0 spiro atoms. The molecule has 3 aromatic rings. The van der Waals surface area contributed by atoms with E-state index >= 15 is 0 Å². The van der Waals surface area contributed by atoms with Crippen molar-refractivity contribution in [3.05, 3.63) is 89.0 Å². The molecular weight excluding hydrogens is 408 g/mol. The minimum Gasteiger partial charge on any atom is -0.493 e. The summed E-state index contributed by atoms with van der Waals surface area (Å²) in [6.45, 7) is 3.87. The number of benzene rings is 2. The lowest BCUT2D eigenvalue weighted by atomic mass is 10.0. The number of amides is 2. The first-order chi connectivity index (χ1) is 15.4. The highest BCUT2D eigenvalue weighted by Gasteiger charge is 2.19. The van der Waals surface area contributed by atoms with Gasteiger partial charge in [0.05, 0.1) is 26.5 Å². The van der Waals surface area contributed by atoms with E-state index in [-0.39, 0.29) is 11.7 Å². The third-order valence-electron chi connectivity index (χ3n) is 4.97. The number of hydrogen-bond donors (Lipinski definition) is 2. The Balaban J connectivity index is 1.84. The lowest BCUT2D eigenvalue weighted by Gasteiger charge is -2.18. The number of aryl methyl sites for hydroxylation is 1. The summed E-state index contributed by atoms with van der Waals surface area (Å²) in [5, 5.41) is 5.62. The molecule has 0 bridgehead atoms. The standard InChI is InChI=1S/C25H26N2O5/c1-16-8-5-6-10-20(16)17(2)26-25(29)21(15-19-9-7-13-32-19)27-24(28)18-11-12-22(30-3)23(14-18)31-4/h5-15,17H,1-4H3,(H,26,29)(H,27,28)/b21-15-/t17-/m0/s1. The molecule has 2 aromatic carbocycles. The monoisotopic (exact) mass is 434 g/mol. The Hall–Kier alpha value is -4.00. The first kappa shape index (κ1) is 22.7. The van der Waals surface area contributed by atoms with Gasteiger partial charge in [-0.05, 0) is 55.3 Å². The fourth-order valence-corrected chi connectivity index (χ4v) is 3.27. The van der Waals surface area contributed by atoms with E-state index in [0.29, 0.717) is 22.8 Å². The predicted octanol–water partition coefficient (Wildman–Crippen LogP) is 4.25. The van der Waals surface area contributed by atoms with E-state index in [2.05, 4.69) is 10.6 Å². The number of carbonyl (C=O) groups excluding carboxylic acids is 2. The Bertz CT molecular complexity index is 1120. The molecule has 1 atom stereocenters. The quantitative estimate of drug-likeness (QED) is 0.517. The van der Waals surface area contributed by atoms with Crippen LogP contribution in [0.5, 0.6) is 11.5 Å². The van der Waals surface area contributed by atoms with Crippen molar-refractivity contribution in [2.45, 2.75) is 19.9 Å². The van der Waals surface area contributed by atoms with Crippen LogP contribution in [0.15, 0.2) is 71.0 Å². The van der Waals surface area contributed by atoms with E-state index in [9.17, 15) is 9.59 Å². The summed E-state index contributed by atoms with van der Waals surface area (Å²) in [5.41, 5.74) is 2.42. The van der Waals surface area contributed by atoms with Crippen LogP contribution in [0.25, 0.3) is 6.08 Å². The summed E-state index contributed by atoms with van der Waals surface area (Å²) >= 11 is 0. The van der Waals surface area contributed by atoms with Gasteiger partial charge in [0.1, 0.15) is 11.5 Å². The molecule has 0 unspecified atom stereocenters. The van der Waals surface area contributed by atoms with Gasteiger partial charge in [-0.3, -0.25) is 9.59 Å². The first-order valence-electron chi connectivity index (χ1n) is 10.1. The van der Waals surface area contributed by atoms with Crippen molar-refractivity contribution in [2.24, 2.45) is 0 Å². The van der Waals surface area contributed by atoms with Crippen molar-refractivity contribution >= 4 is 17.9 Å². The second-order valence-corrected chi connectivity index (χ2v) is 7.15. The highest BCUT2D eigenvalue weighted by atomic mass is 16.5. The van der Waals surface area contributed by atoms with E-state index in [1.807, 2.05) is 38.1 Å². The molecule has 1 heterocycles. The van der Waals surface area contributed by atoms with E-state index in [0.717, 1.165) is 11.1 Å². The number of hydrogen-bond acceptors (Lipinski definition) is 5. The summed E-state index contributed by atoms with van der Waals surface area (Å²) in [7, 11) is 3.00. The Morgan fingerprint density at radius 1 is 1.00 bits per heavy atom. The van der Waals surface area contributed by atoms with E-state index in [1.54, 1.807) is 30.3 Å². The van der Waals surface area contributed by atoms with E-state index in [1.165, 1.54) is 26.6 Å². The van der Waals surface area contributed by atoms with Gasteiger partial charge in [-0.25, -0.2) is 0 Å². The van der Waals surface area contributed by atoms with Gasteiger partial charge in [0.25, 0.3) is 11.8 Å². The van der Waals surface area contributed by atoms with Crippen LogP contribution in [-0.2, 0) is 4.79 Å². The van der Waals surface area contributed by atoms with Gasteiger partial charge in [-0.2, -0.15) is 0 Å². The van der Waals surface area contributed by atoms with Gasteiger partial charge in [0.2, 0.25) is 0 Å².